The predicted molar refractivity (Wildman–Crippen MR) is 171 cm³/mol. The highest BCUT2D eigenvalue weighted by molar-refractivity contribution is 5.95. The number of hydrogen-bond donors (Lipinski definition) is 1. The molecule has 4 aliphatic carbocycles. The first-order valence-corrected chi connectivity index (χ1v) is 16.3. The first-order valence-electron chi connectivity index (χ1n) is 16.3. The van der Waals surface area contributed by atoms with Gasteiger partial charge in [0.05, 0.1) is 19.2 Å². The first-order chi connectivity index (χ1) is 21.1. The molecule has 2 atom stereocenters. The molecule has 1 N–H and O–H groups in total. The molecule has 0 saturated heterocycles. The summed E-state index contributed by atoms with van der Waals surface area (Å²) in [6.07, 6.45) is 14.7. The molecular formula is C36H46N4O4. The van der Waals surface area contributed by atoms with Gasteiger partial charge in [-0.3, -0.25) is 19.2 Å². The van der Waals surface area contributed by atoms with Crippen molar-refractivity contribution in [2.75, 3.05) is 18.6 Å². The molecular weight excluding hydrogens is 552 g/mol. The van der Waals surface area contributed by atoms with Gasteiger partial charge in [0.25, 0.3) is 0 Å². The Balaban J connectivity index is 1.28. The third-order valence-electron chi connectivity index (χ3n) is 11.0. The lowest BCUT2D eigenvalue weighted by Crippen LogP contribution is -2.52. The molecule has 8 nitrogen and oxygen atoms in total. The summed E-state index contributed by atoms with van der Waals surface area (Å²) in [7, 11) is 1.72. The lowest BCUT2D eigenvalue weighted by Gasteiger charge is -2.55. The van der Waals surface area contributed by atoms with Gasteiger partial charge >= 0.3 is 5.97 Å². The SMILES string of the molecule is COc1ccc(C23CCC(CN(C(=O)[C@H]4CCC[C@H](C(=O)O)C4)c4cc(-c5cnn(C(C)C)c5)ccn4)(CC2)CC3)cc1C. The molecule has 44 heavy (non-hydrogen) atoms. The Kier molecular flexibility index (Phi) is 8.29. The van der Waals surface area contributed by atoms with E-state index in [4.69, 9.17) is 9.72 Å². The van der Waals surface area contributed by atoms with E-state index in [-0.39, 0.29) is 28.7 Å². The van der Waals surface area contributed by atoms with Gasteiger partial charge in [0.15, 0.2) is 0 Å². The number of carbonyl (C=O) groups excluding carboxylic acids is 1. The third kappa shape index (κ3) is 5.75. The minimum atomic E-state index is -0.792. The zero-order chi connectivity index (χ0) is 31.1. The van der Waals surface area contributed by atoms with Crippen molar-refractivity contribution in [2.45, 2.75) is 96.4 Å². The van der Waals surface area contributed by atoms with Crippen LogP contribution in [-0.2, 0) is 15.0 Å². The number of carboxylic acids is 1. The smallest absolute Gasteiger partial charge is 0.306 e. The van der Waals surface area contributed by atoms with Crippen molar-refractivity contribution in [3.05, 3.63) is 60.0 Å². The van der Waals surface area contributed by atoms with E-state index < -0.39 is 11.9 Å². The van der Waals surface area contributed by atoms with E-state index in [1.165, 1.54) is 11.1 Å². The Morgan fingerprint density at radius 2 is 1.77 bits per heavy atom. The van der Waals surface area contributed by atoms with E-state index in [1.54, 1.807) is 13.3 Å². The number of benzene rings is 1. The Bertz CT molecular complexity index is 1500. The number of anilines is 1. The molecule has 7 rings (SSSR count). The van der Waals surface area contributed by atoms with Crippen LogP contribution in [-0.4, -0.2) is 45.4 Å². The maximum atomic E-state index is 14.4. The number of rotatable bonds is 9. The van der Waals surface area contributed by atoms with Crippen molar-refractivity contribution >= 4 is 17.7 Å². The second kappa shape index (κ2) is 12.0. The minimum Gasteiger partial charge on any atom is -0.496 e. The molecule has 0 aliphatic heterocycles. The molecule has 4 saturated carbocycles. The summed E-state index contributed by atoms with van der Waals surface area (Å²) in [5.74, 6) is 0.0607. The summed E-state index contributed by atoms with van der Waals surface area (Å²) in [5.41, 5.74) is 4.77. The van der Waals surface area contributed by atoms with Crippen LogP contribution in [0.25, 0.3) is 11.1 Å². The van der Waals surface area contributed by atoms with Crippen LogP contribution in [0.15, 0.2) is 48.9 Å². The summed E-state index contributed by atoms with van der Waals surface area (Å²) in [4.78, 5) is 33.0. The van der Waals surface area contributed by atoms with Crippen molar-refractivity contribution < 1.29 is 19.4 Å². The first kappa shape index (κ1) is 30.4. The van der Waals surface area contributed by atoms with Crippen LogP contribution in [0.5, 0.6) is 5.75 Å². The van der Waals surface area contributed by atoms with E-state index in [2.05, 4.69) is 44.1 Å². The zero-order valence-electron chi connectivity index (χ0n) is 26.6. The molecule has 234 valence electrons. The lowest BCUT2D eigenvalue weighted by atomic mass is 9.51. The van der Waals surface area contributed by atoms with E-state index in [9.17, 15) is 14.7 Å². The summed E-state index contributed by atoms with van der Waals surface area (Å²) < 4.78 is 7.46. The predicted octanol–water partition coefficient (Wildman–Crippen LogP) is 7.36. The maximum Gasteiger partial charge on any atom is 0.306 e. The van der Waals surface area contributed by atoms with Gasteiger partial charge < -0.3 is 9.84 Å². The normalized spacial score (nSPS) is 26.5. The largest absolute Gasteiger partial charge is 0.496 e. The molecule has 4 fully saturated rings. The highest BCUT2D eigenvalue weighted by Crippen LogP contribution is 2.58. The number of ether oxygens (including phenoxy) is 1. The highest BCUT2D eigenvalue weighted by atomic mass is 16.5. The minimum absolute atomic E-state index is 0.0278. The molecule has 0 radical (unpaired) electrons. The van der Waals surface area contributed by atoms with Crippen molar-refractivity contribution in [1.29, 1.82) is 0 Å². The number of aliphatic carboxylic acids is 1. The average Bonchev–Trinajstić information content (AvgIpc) is 3.56. The second-order valence-corrected chi connectivity index (χ2v) is 14.0. The van der Waals surface area contributed by atoms with Crippen molar-refractivity contribution in [3.8, 4) is 16.9 Å². The standard InChI is InChI=1S/C36H46N4O4/c1-24(2)40-22-29(21-38-40)26-10-17-37-32(20-26)39(33(41)27-6-5-7-28(19-27)34(42)43)23-35-11-14-36(15-12-35,16-13-35)30-8-9-31(44-4)25(3)18-30/h8-10,17-18,20-22,24,27-28H,5-7,11-16,19,23H2,1-4H3,(H,42,43)/t27-,28-,35?,36?/m0/s1. The number of aryl methyl sites for hydroxylation is 1. The third-order valence-corrected chi connectivity index (χ3v) is 11.0. The van der Waals surface area contributed by atoms with Gasteiger partial charge in [0.2, 0.25) is 5.91 Å². The monoisotopic (exact) mass is 598 g/mol. The quantitative estimate of drug-likeness (QED) is 0.276. The van der Waals surface area contributed by atoms with Gasteiger partial charge in [-0.2, -0.15) is 5.10 Å². The Hall–Kier alpha value is -3.68. The van der Waals surface area contributed by atoms with Crippen LogP contribution >= 0.6 is 0 Å². The Morgan fingerprint density at radius 3 is 2.41 bits per heavy atom. The van der Waals surface area contributed by atoms with Crippen LogP contribution in [0.3, 0.4) is 0 Å². The maximum absolute atomic E-state index is 14.4. The van der Waals surface area contributed by atoms with Crippen LogP contribution < -0.4 is 9.64 Å². The number of carboxylic acid groups (broad SMARTS) is 1. The number of pyridine rings is 1. The second-order valence-electron chi connectivity index (χ2n) is 14.0. The lowest BCUT2D eigenvalue weighted by molar-refractivity contribution is -0.143. The number of aromatic nitrogens is 3. The summed E-state index contributed by atoms with van der Waals surface area (Å²) in [6.45, 7) is 6.94. The van der Waals surface area contributed by atoms with Crippen LogP contribution in [0.4, 0.5) is 5.82 Å². The molecule has 1 aromatic carbocycles. The molecule has 1 amide bonds. The van der Waals surface area contributed by atoms with Crippen LogP contribution in [0.1, 0.15) is 95.2 Å². The van der Waals surface area contributed by atoms with Crippen LogP contribution in [0.2, 0.25) is 0 Å². The molecule has 3 aromatic rings. The highest BCUT2D eigenvalue weighted by Gasteiger charge is 2.51. The van der Waals surface area contributed by atoms with Gasteiger partial charge in [-0.05, 0) is 124 Å². The van der Waals surface area contributed by atoms with Gasteiger partial charge in [-0.1, -0.05) is 18.6 Å². The van der Waals surface area contributed by atoms with Gasteiger partial charge in [0, 0.05) is 36.5 Å². The van der Waals surface area contributed by atoms with E-state index >= 15 is 0 Å². The van der Waals surface area contributed by atoms with Gasteiger partial charge in [0.1, 0.15) is 11.6 Å². The van der Waals surface area contributed by atoms with Gasteiger partial charge in [-0.15, -0.1) is 0 Å². The van der Waals surface area contributed by atoms with E-state index in [0.717, 1.165) is 68.2 Å². The molecule has 2 heterocycles. The van der Waals surface area contributed by atoms with Gasteiger partial charge in [-0.25, -0.2) is 4.98 Å². The van der Waals surface area contributed by atoms with Crippen LogP contribution in [0, 0.1) is 24.2 Å². The Labute approximate surface area is 260 Å². The fourth-order valence-electron chi connectivity index (χ4n) is 8.12. The average molecular weight is 599 g/mol. The summed E-state index contributed by atoms with van der Waals surface area (Å²) >= 11 is 0. The number of hydrogen-bond acceptors (Lipinski definition) is 5. The van der Waals surface area contributed by atoms with Crippen molar-refractivity contribution in [1.82, 2.24) is 14.8 Å². The molecule has 4 aliphatic rings. The molecule has 2 aromatic heterocycles. The fraction of sp³-hybridized carbons (Fsp3) is 0.556. The molecule has 0 spiro atoms. The van der Waals surface area contributed by atoms with E-state index in [1.807, 2.05) is 34.1 Å². The topological polar surface area (TPSA) is 97.5 Å². The number of methoxy groups -OCH3 is 1. The molecule has 8 heteroatoms. The zero-order valence-corrected chi connectivity index (χ0v) is 26.6. The summed E-state index contributed by atoms with van der Waals surface area (Å²) in [5, 5.41) is 14.3. The van der Waals surface area contributed by atoms with Crippen molar-refractivity contribution in [2.24, 2.45) is 17.3 Å². The number of fused-ring (bicyclic) bond motifs is 3. The van der Waals surface area contributed by atoms with Crippen molar-refractivity contribution in [3.63, 3.8) is 0 Å². The number of amides is 1. The molecule has 0 unspecified atom stereocenters. The number of carbonyl (C=O) groups is 2. The Morgan fingerprint density at radius 1 is 1.05 bits per heavy atom. The fourth-order valence-corrected chi connectivity index (χ4v) is 8.12. The molecule has 2 bridgehead atoms. The van der Waals surface area contributed by atoms with E-state index in [0.29, 0.717) is 25.2 Å². The summed E-state index contributed by atoms with van der Waals surface area (Å²) in [6, 6.07) is 10.9. The number of nitrogens with zero attached hydrogens (tertiary/aromatic N) is 4.